The lowest BCUT2D eigenvalue weighted by Gasteiger charge is -2.07. The van der Waals surface area contributed by atoms with Crippen molar-refractivity contribution in [2.45, 2.75) is 24.9 Å². The summed E-state index contributed by atoms with van der Waals surface area (Å²) in [6.45, 7) is 0. The molecule has 0 radical (unpaired) electrons. The first-order valence-corrected chi connectivity index (χ1v) is 5.31. The lowest BCUT2D eigenvalue weighted by atomic mass is 10.0. The molecule has 1 aliphatic rings. The third-order valence-electron chi connectivity index (χ3n) is 3.03. The van der Waals surface area contributed by atoms with E-state index in [1.165, 1.54) is 5.56 Å². The molecule has 1 N–H and O–H groups in total. The molecular formula is C13H13NO. The van der Waals surface area contributed by atoms with Gasteiger partial charge in [0.05, 0.1) is 11.1 Å². The van der Waals surface area contributed by atoms with Crippen LogP contribution in [0.5, 0.6) is 0 Å². The highest BCUT2D eigenvalue weighted by Crippen LogP contribution is 2.38. The molecule has 0 bridgehead atoms. The van der Waals surface area contributed by atoms with Gasteiger partial charge in [-0.1, -0.05) is 12.1 Å². The first-order valence-electron chi connectivity index (χ1n) is 5.31. The van der Waals surface area contributed by atoms with Crippen LogP contribution < -0.4 is 0 Å². The smallest absolute Gasteiger partial charge is 0.0702 e. The molecule has 3 rings (SSSR count). The minimum absolute atomic E-state index is 0.407. The Morgan fingerprint density at radius 2 is 2.13 bits per heavy atom. The summed E-state index contributed by atoms with van der Waals surface area (Å²) in [6, 6.07) is 10.2. The summed E-state index contributed by atoms with van der Waals surface area (Å²) in [6.07, 6.45) is 4.46. The number of aliphatic hydroxyl groups is 1. The summed E-state index contributed by atoms with van der Waals surface area (Å²) in [4.78, 5) is 4.27. The summed E-state index contributed by atoms with van der Waals surface area (Å²) < 4.78 is 0. The molecule has 1 fully saturated rings. The predicted octanol–water partition coefficient (Wildman–Crippen LogP) is 2.30. The fraction of sp³-hybridized carbons (Fsp3) is 0.308. The van der Waals surface area contributed by atoms with Crippen LogP contribution in [0.15, 0.2) is 36.5 Å². The maximum absolute atomic E-state index is 9.84. The highest BCUT2D eigenvalue weighted by molar-refractivity contribution is 5.78. The van der Waals surface area contributed by atoms with E-state index < -0.39 is 5.60 Å². The topological polar surface area (TPSA) is 33.1 Å². The van der Waals surface area contributed by atoms with Crippen molar-refractivity contribution in [3.05, 3.63) is 42.1 Å². The zero-order chi connectivity index (χ0) is 10.3. The Balaban J connectivity index is 1.99. The third-order valence-corrected chi connectivity index (χ3v) is 3.03. The Hall–Kier alpha value is -1.41. The molecule has 2 aromatic rings. The van der Waals surface area contributed by atoms with Gasteiger partial charge in [0.15, 0.2) is 0 Å². The fourth-order valence-corrected chi connectivity index (χ4v) is 1.94. The van der Waals surface area contributed by atoms with E-state index in [0.717, 1.165) is 30.2 Å². The highest BCUT2D eigenvalue weighted by Gasteiger charge is 2.39. The molecule has 0 unspecified atom stereocenters. The van der Waals surface area contributed by atoms with Gasteiger partial charge in [-0.05, 0) is 36.6 Å². The second kappa shape index (κ2) is 3.04. The molecule has 15 heavy (non-hydrogen) atoms. The molecule has 1 aliphatic carbocycles. The van der Waals surface area contributed by atoms with Crippen molar-refractivity contribution in [2.24, 2.45) is 0 Å². The normalized spacial score (nSPS) is 17.9. The van der Waals surface area contributed by atoms with Gasteiger partial charge in [0.2, 0.25) is 0 Å². The molecule has 0 atom stereocenters. The van der Waals surface area contributed by atoms with Crippen molar-refractivity contribution in [3.8, 4) is 0 Å². The Labute approximate surface area is 88.6 Å². The van der Waals surface area contributed by atoms with Crippen molar-refractivity contribution in [1.29, 1.82) is 0 Å². The maximum atomic E-state index is 9.84. The first-order chi connectivity index (χ1) is 7.25. The summed E-state index contributed by atoms with van der Waals surface area (Å²) >= 11 is 0. The number of aromatic nitrogens is 1. The SMILES string of the molecule is OC1(Cc2ccc3ncccc3c2)CC1. The molecule has 76 valence electrons. The summed E-state index contributed by atoms with van der Waals surface area (Å²) in [5.74, 6) is 0. The second-order valence-corrected chi connectivity index (χ2v) is 4.43. The Bertz CT molecular complexity index is 503. The molecule has 1 saturated carbocycles. The van der Waals surface area contributed by atoms with Crippen LogP contribution in [-0.2, 0) is 6.42 Å². The van der Waals surface area contributed by atoms with Gasteiger partial charge in [-0.3, -0.25) is 4.98 Å². The maximum Gasteiger partial charge on any atom is 0.0702 e. The molecule has 1 aromatic heterocycles. The number of nitrogens with zero attached hydrogens (tertiary/aromatic N) is 1. The number of hydrogen-bond donors (Lipinski definition) is 1. The third kappa shape index (κ3) is 1.73. The van der Waals surface area contributed by atoms with Crippen LogP contribution in [0.4, 0.5) is 0 Å². The van der Waals surface area contributed by atoms with E-state index in [1.54, 1.807) is 6.20 Å². The Morgan fingerprint density at radius 3 is 2.93 bits per heavy atom. The van der Waals surface area contributed by atoms with Crippen molar-refractivity contribution in [1.82, 2.24) is 4.98 Å². The molecule has 0 saturated heterocycles. The zero-order valence-electron chi connectivity index (χ0n) is 8.48. The number of pyridine rings is 1. The molecular weight excluding hydrogens is 186 g/mol. The van der Waals surface area contributed by atoms with Gasteiger partial charge in [0, 0.05) is 18.0 Å². The van der Waals surface area contributed by atoms with Crippen LogP contribution in [0.25, 0.3) is 10.9 Å². The van der Waals surface area contributed by atoms with Crippen LogP contribution in [0.3, 0.4) is 0 Å². The molecule has 0 amide bonds. The summed E-state index contributed by atoms with van der Waals surface area (Å²) in [5.41, 5.74) is 1.81. The number of rotatable bonds is 2. The summed E-state index contributed by atoms with van der Waals surface area (Å²) in [5, 5.41) is 11.0. The van der Waals surface area contributed by atoms with Crippen LogP contribution in [0.2, 0.25) is 0 Å². The van der Waals surface area contributed by atoms with E-state index in [4.69, 9.17) is 0 Å². The molecule has 1 heterocycles. The van der Waals surface area contributed by atoms with Gasteiger partial charge in [0.1, 0.15) is 0 Å². The largest absolute Gasteiger partial charge is 0.390 e. The molecule has 2 heteroatoms. The van der Waals surface area contributed by atoms with E-state index in [2.05, 4.69) is 23.2 Å². The quantitative estimate of drug-likeness (QED) is 0.805. The highest BCUT2D eigenvalue weighted by atomic mass is 16.3. The number of benzene rings is 1. The fourth-order valence-electron chi connectivity index (χ4n) is 1.94. The molecule has 2 nitrogen and oxygen atoms in total. The Kier molecular flexibility index (Phi) is 1.80. The van der Waals surface area contributed by atoms with Gasteiger partial charge >= 0.3 is 0 Å². The van der Waals surface area contributed by atoms with Crippen LogP contribution in [0, 0.1) is 0 Å². The molecule has 0 aliphatic heterocycles. The lowest BCUT2D eigenvalue weighted by Crippen LogP contribution is -2.10. The van der Waals surface area contributed by atoms with E-state index in [-0.39, 0.29) is 0 Å². The van der Waals surface area contributed by atoms with Crippen molar-refractivity contribution >= 4 is 10.9 Å². The van der Waals surface area contributed by atoms with Gasteiger partial charge in [-0.15, -0.1) is 0 Å². The molecule has 0 spiro atoms. The standard InChI is InChI=1S/C13H13NO/c15-13(5-6-13)9-10-3-4-12-11(8-10)2-1-7-14-12/h1-4,7-8,15H,5-6,9H2. The van der Waals surface area contributed by atoms with E-state index in [1.807, 2.05) is 12.1 Å². The van der Waals surface area contributed by atoms with Crippen LogP contribution in [-0.4, -0.2) is 15.7 Å². The van der Waals surface area contributed by atoms with Crippen molar-refractivity contribution in [2.75, 3.05) is 0 Å². The van der Waals surface area contributed by atoms with Gasteiger partial charge in [-0.2, -0.15) is 0 Å². The number of hydrogen-bond acceptors (Lipinski definition) is 2. The van der Waals surface area contributed by atoms with Gasteiger partial charge in [0.25, 0.3) is 0 Å². The summed E-state index contributed by atoms with van der Waals surface area (Å²) in [7, 11) is 0. The number of fused-ring (bicyclic) bond motifs is 1. The monoisotopic (exact) mass is 199 g/mol. The minimum atomic E-state index is -0.407. The van der Waals surface area contributed by atoms with Crippen molar-refractivity contribution in [3.63, 3.8) is 0 Å². The Morgan fingerprint density at radius 1 is 1.27 bits per heavy atom. The van der Waals surface area contributed by atoms with E-state index in [9.17, 15) is 5.11 Å². The average Bonchev–Trinajstić information content (AvgIpc) is 2.96. The van der Waals surface area contributed by atoms with Crippen LogP contribution in [0.1, 0.15) is 18.4 Å². The van der Waals surface area contributed by atoms with Gasteiger partial charge in [-0.25, -0.2) is 0 Å². The predicted molar refractivity (Wildman–Crippen MR) is 59.6 cm³/mol. The average molecular weight is 199 g/mol. The zero-order valence-corrected chi connectivity index (χ0v) is 8.48. The second-order valence-electron chi connectivity index (χ2n) is 4.43. The van der Waals surface area contributed by atoms with Crippen molar-refractivity contribution < 1.29 is 5.11 Å². The minimum Gasteiger partial charge on any atom is -0.390 e. The first kappa shape index (κ1) is 8.86. The van der Waals surface area contributed by atoms with Crippen LogP contribution >= 0.6 is 0 Å². The lowest BCUT2D eigenvalue weighted by molar-refractivity contribution is 0.151. The molecule has 1 aromatic carbocycles. The van der Waals surface area contributed by atoms with E-state index in [0.29, 0.717) is 0 Å². The van der Waals surface area contributed by atoms with Gasteiger partial charge < -0.3 is 5.11 Å². The van der Waals surface area contributed by atoms with E-state index >= 15 is 0 Å².